The van der Waals surface area contributed by atoms with Crippen LogP contribution < -0.4 is 0 Å². The van der Waals surface area contributed by atoms with Gasteiger partial charge in [-0.1, -0.05) is 23.4 Å². The van der Waals surface area contributed by atoms with Gasteiger partial charge in [-0.3, -0.25) is 4.79 Å². The SMILES string of the molecule is Cc1cn(Cc2ccc(Cl)s2)c(SCC(=O)O)n1. The molecule has 0 aliphatic rings. The quantitative estimate of drug-likeness (QED) is 0.862. The molecule has 0 spiro atoms. The average Bonchev–Trinajstić information content (AvgIpc) is 2.83. The summed E-state index contributed by atoms with van der Waals surface area (Å²) in [5, 5.41) is 9.41. The first kappa shape index (κ1) is 13.5. The van der Waals surface area contributed by atoms with Gasteiger partial charge in [0.1, 0.15) is 0 Å². The van der Waals surface area contributed by atoms with Crippen LogP contribution in [0.2, 0.25) is 4.34 Å². The number of halogens is 1. The van der Waals surface area contributed by atoms with Gasteiger partial charge in [0.2, 0.25) is 0 Å². The lowest BCUT2D eigenvalue weighted by Crippen LogP contribution is -2.02. The molecule has 0 aromatic carbocycles. The average molecular weight is 303 g/mol. The molecule has 0 unspecified atom stereocenters. The summed E-state index contributed by atoms with van der Waals surface area (Å²) < 4.78 is 2.70. The molecule has 2 aromatic rings. The fourth-order valence-electron chi connectivity index (χ4n) is 1.48. The van der Waals surface area contributed by atoms with Gasteiger partial charge in [-0.05, 0) is 19.1 Å². The molecular formula is C11H11ClN2O2S2. The number of hydrogen-bond donors (Lipinski definition) is 1. The molecule has 2 heterocycles. The number of rotatable bonds is 5. The molecule has 0 aliphatic carbocycles. The van der Waals surface area contributed by atoms with Gasteiger partial charge in [0.25, 0.3) is 0 Å². The third kappa shape index (κ3) is 3.51. The minimum Gasteiger partial charge on any atom is -0.481 e. The summed E-state index contributed by atoms with van der Waals surface area (Å²) in [7, 11) is 0. The van der Waals surface area contributed by atoms with Crippen molar-refractivity contribution < 1.29 is 9.90 Å². The molecular weight excluding hydrogens is 292 g/mol. The maximum Gasteiger partial charge on any atom is 0.313 e. The van der Waals surface area contributed by atoms with E-state index in [0.29, 0.717) is 6.54 Å². The van der Waals surface area contributed by atoms with Crippen molar-refractivity contribution in [3.05, 3.63) is 33.2 Å². The summed E-state index contributed by atoms with van der Waals surface area (Å²) in [5.74, 6) is -0.826. The number of thiophene rings is 1. The minimum atomic E-state index is -0.841. The second-order valence-corrected chi connectivity index (χ2v) is 6.42. The van der Waals surface area contributed by atoms with Crippen molar-refractivity contribution in [3.63, 3.8) is 0 Å². The van der Waals surface area contributed by atoms with E-state index in [1.165, 1.54) is 23.1 Å². The molecule has 0 aliphatic heterocycles. The number of carbonyl (C=O) groups is 1. The molecule has 96 valence electrons. The Bertz CT molecular complexity index is 565. The van der Waals surface area contributed by atoms with Gasteiger partial charge in [0.15, 0.2) is 5.16 Å². The van der Waals surface area contributed by atoms with Crippen molar-refractivity contribution in [2.75, 3.05) is 5.75 Å². The summed E-state index contributed by atoms with van der Waals surface area (Å²) in [6.45, 7) is 2.56. The molecule has 0 saturated carbocycles. The molecule has 0 fully saturated rings. The van der Waals surface area contributed by atoms with E-state index in [1.54, 1.807) is 0 Å². The normalized spacial score (nSPS) is 10.8. The second kappa shape index (κ2) is 5.77. The van der Waals surface area contributed by atoms with Gasteiger partial charge < -0.3 is 9.67 Å². The van der Waals surface area contributed by atoms with Crippen LogP contribution in [0.4, 0.5) is 0 Å². The lowest BCUT2D eigenvalue weighted by Gasteiger charge is -2.04. The van der Waals surface area contributed by atoms with E-state index in [2.05, 4.69) is 4.98 Å². The molecule has 0 amide bonds. The number of aromatic nitrogens is 2. The smallest absolute Gasteiger partial charge is 0.313 e. The van der Waals surface area contributed by atoms with Gasteiger partial charge >= 0.3 is 5.97 Å². The van der Waals surface area contributed by atoms with Crippen molar-refractivity contribution in [1.29, 1.82) is 0 Å². The van der Waals surface area contributed by atoms with Crippen LogP contribution in [0.15, 0.2) is 23.5 Å². The predicted octanol–water partition coefficient (Wildman–Crippen LogP) is 3.13. The summed E-state index contributed by atoms with van der Waals surface area (Å²) in [6, 6.07) is 3.82. The Morgan fingerprint density at radius 3 is 3.00 bits per heavy atom. The van der Waals surface area contributed by atoms with E-state index in [9.17, 15) is 4.79 Å². The first-order valence-electron chi connectivity index (χ1n) is 5.17. The number of aliphatic carboxylic acids is 1. The van der Waals surface area contributed by atoms with E-state index in [0.717, 1.165) is 20.1 Å². The lowest BCUT2D eigenvalue weighted by atomic mass is 10.4. The highest BCUT2D eigenvalue weighted by Crippen LogP contribution is 2.24. The largest absolute Gasteiger partial charge is 0.481 e. The lowest BCUT2D eigenvalue weighted by molar-refractivity contribution is -0.133. The van der Waals surface area contributed by atoms with E-state index < -0.39 is 5.97 Å². The molecule has 1 N–H and O–H groups in total. The van der Waals surface area contributed by atoms with E-state index in [-0.39, 0.29) is 5.75 Å². The molecule has 7 heteroatoms. The second-order valence-electron chi connectivity index (χ2n) is 3.68. The Labute approximate surface area is 118 Å². The van der Waals surface area contributed by atoms with Crippen LogP contribution in [0.3, 0.4) is 0 Å². The summed E-state index contributed by atoms with van der Waals surface area (Å²) in [5.41, 5.74) is 0.880. The molecule has 0 bridgehead atoms. The number of carboxylic acid groups (broad SMARTS) is 1. The third-order valence-corrected chi connectivity index (χ3v) is 4.33. The molecule has 0 saturated heterocycles. The van der Waals surface area contributed by atoms with Gasteiger partial charge in [-0.25, -0.2) is 4.98 Å². The van der Waals surface area contributed by atoms with Crippen molar-refractivity contribution in [2.45, 2.75) is 18.6 Å². The maximum absolute atomic E-state index is 10.6. The third-order valence-electron chi connectivity index (χ3n) is 2.14. The topological polar surface area (TPSA) is 55.1 Å². The number of aryl methyl sites for hydroxylation is 1. The van der Waals surface area contributed by atoms with Crippen LogP contribution in [-0.4, -0.2) is 26.4 Å². The highest BCUT2D eigenvalue weighted by atomic mass is 35.5. The van der Waals surface area contributed by atoms with E-state index in [4.69, 9.17) is 16.7 Å². The molecule has 0 radical (unpaired) electrons. The number of hydrogen-bond acceptors (Lipinski definition) is 4. The number of nitrogens with zero attached hydrogens (tertiary/aromatic N) is 2. The number of carboxylic acids is 1. The number of thioether (sulfide) groups is 1. The van der Waals surface area contributed by atoms with Crippen LogP contribution in [0.1, 0.15) is 10.6 Å². The van der Waals surface area contributed by atoms with Gasteiger partial charge in [0.05, 0.1) is 22.3 Å². The molecule has 0 atom stereocenters. The van der Waals surface area contributed by atoms with Crippen LogP contribution in [0, 0.1) is 6.92 Å². The highest BCUT2D eigenvalue weighted by molar-refractivity contribution is 7.99. The molecule has 2 aromatic heterocycles. The van der Waals surface area contributed by atoms with Crippen LogP contribution in [0.25, 0.3) is 0 Å². The zero-order chi connectivity index (χ0) is 13.1. The van der Waals surface area contributed by atoms with Crippen molar-refractivity contribution >= 4 is 40.7 Å². The van der Waals surface area contributed by atoms with Crippen molar-refractivity contribution in [2.24, 2.45) is 0 Å². The van der Waals surface area contributed by atoms with Gasteiger partial charge in [-0.2, -0.15) is 0 Å². The minimum absolute atomic E-state index is 0.0155. The summed E-state index contributed by atoms with van der Waals surface area (Å²) >= 11 is 8.63. The monoisotopic (exact) mass is 302 g/mol. The Hall–Kier alpha value is -0.980. The van der Waals surface area contributed by atoms with Crippen molar-refractivity contribution in [1.82, 2.24) is 9.55 Å². The first-order valence-corrected chi connectivity index (χ1v) is 7.35. The Balaban J connectivity index is 2.14. The highest BCUT2D eigenvalue weighted by Gasteiger charge is 2.10. The summed E-state index contributed by atoms with van der Waals surface area (Å²) in [4.78, 5) is 16.0. The van der Waals surface area contributed by atoms with E-state index in [1.807, 2.05) is 29.8 Å². The zero-order valence-electron chi connectivity index (χ0n) is 9.59. The maximum atomic E-state index is 10.6. The van der Waals surface area contributed by atoms with Crippen LogP contribution >= 0.6 is 34.7 Å². The summed E-state index contributed by atoms with van der Waals surface area (Å²) in [6.07, 6.45) is 1.91. The Morgan fingerprint density at radius 1 is 1.61 bits per heavy atom. The van der Waals surface area contributed by atoms with Crippen LogP contribution in [-0.2, 0) is 11.3 Å². The Kier molecular flexibility index (Phi) is 4.31. The Morgan fingerprint density at radius 2 is 2.39 bits per heavy atom. The predicted molar refractivity (Wildman–Crippen MR) is 73.8 cm³/mol. The molecule has 4 nitrogen and oxygen atoms in total. The fourth-order valence-corrected chi connectivity index (χ4v) is 3.31. The van der Waals surface area contributed by atoms with Gasteiger partial charge in [-0.15, -0.1) is 11.3 Å². The zero-order valence-corrected chi connectivity index (χ0v) is 12.0. The van der Waals surface area contributed by atoms with Gasteiger partial charge in [0, 0.05) is 11.1 Å². The van der Waals surface area contributed by atoms with Crippen LogP contribution in [0.5, 0.6) is 0 Å². The van der Waals surface area contributed by atoms with E-state index >= 15 is 0 Å². The number of imidazole rings is 1. The first-order chi connectivity index (χ1) is 8.54. The standard InChI is InChI=1S/C11H11ClN2O2S2/c1-7-4-14(5-8-2-3-9(12)18-8)11(13-7)17-6-10(15)16/h2-4H,5-6H2,1H3,(H,15,16). The molecule has 18 heavy (non-hydrogen) atoms. The van der Waals surface area contributed by atoms with Crippen molar-refractivity contribution in [3.8, 4) is 0 Å². The molecule has 2 rings (SSSR count). The fraction of sp³-hybridized carbons (Fsp3) is 0.273.